The van der Waals surface area contributed by atoms with Crippen molar-refractivity contribution in [3.05, 3.63) is 29.6 Å². The number of imide groups is 1. The second-order valence-corrected chi connectivity index (χ2v) is 3.62. The first-order chi connectivity index (χ1) is 8.41. The molecule has 0 spiro atoms. The Morgan fingerprint density at radius 2 is 2.06 bits per heavy atom. The highest BCUT2D eigenvalue weighted by atomic mass is 32.1. The van der Waals surface area contributed by atoms with Crippen LogP contribution in [0.25, 0.3) is 0 Å². The molecule has 18 heavy (non-hydrogen) atoms. The van der Waals surface area contributed by atoms with Crippen LogP contribution in [0.1, 0.15) is 5.56 Å². The Labute approximate surface area is 107 Å². The van der Waals surface area contributed by atoms with Gasteiger partial charge in [-0.05, 0) is 12.1 Å². The fourth-order valence-corrected chi connectivity index (χ4v) is 1.38. The Hall–Kier alpha value is -2.22. The summed E-state index contributed by atoms with van der Waals surface area (Å²) in [6.45, 7) is -0.512. The fourth-order valence-electron chi connectivity index (χ4n) is 1.18. The summed E-state index contributed by atoms with van der Waals surface area (Å²) in [5.41, 5.74) is 9.98. The van der Waals surface area contributed by atoms with Gasteiger partial charge in [-0.2, -0.15) is 0 Å². The number of halogens is 1. The van der Waals surface area contributed by atoms with Crippen LogP contribution in [0.3, 0.4) is 0 Å². The van der Waals surface area contributed by atoms with Gasteiger partial charge in [0.1, 0.15) is 16.6 Å². The van der Waals surface area contributed by atoms with E-state index >= 15 is 0 Å². The van der Waals surface area contributed by atoms with Crippen LogP contribution in [-0.4, -0.2) is 23.5 Å². The van der Waals surface area contributed by atoms with Crippen molar-refractivity contribution in [1.29, 1.82) is 0 Å². The highest BCUT2D eigenvalue weighted by molar-refractivity contribution is 7.80. The van der Waals surface area contributed by atoms with E-state index in [-0.39, 0.29) is 16.3 Å². The molecule has 0 bridgehead atoms. The van der Waals surface area contributed by atoms with Crippen LogP contribution in [0.4, 0.5) is 9.18 Å². The Bertz CT molecular complexity index is 507. The van der Waals surface area contributed by atoms with Gasteiger partial charge in [0.05, 0.1) is 5.56 Å². The van der Waals surface area contributed by atoms with Crippen LogP contribution in [0.5, 0.6) is 5.75 Å². The van der Waals surface area contributed by atoms with Gasteiger partial charge in [-0.25, -0.2) is 9.18 Å². The lowest BCUT2D eigenvalue weighted by Gasteiger charge is -2.10. The normalized spacial score (nSPS) is 9.61. The first-order valence-corrected chi connectivity index (χ1v) is 5.13. The number of carbonyl (C=O) groups excluding carboxylic acids is 2. The van der Waals surface area contributed by atoms with Crippen molar-refractivity contribution in [3.8, 4) is 5.75 Å². The maximum atomic E-state index is 13.4. The van der Waals surface area contributed by atoms with Crippen molar-refractivity contribution < 1.29 is 18.7 Å². The summed E-state index contributed by atoms with van der Waals surface area (Å²) in [6, 6.07) is 2.93. The van der Waals surface area contributed by atoms with E-state index in [9.17, 15) is 14.0 Å². The number of ether oxygens (including phenoxy) is 1. The number of urea groups is 1. The maximum absolute atomic E-state index is 13.4. The summed E-state index contributed by atoms with van der Waals surface area (Å²) in [6.07, 6.45) is 0. The number of hydrogen-bond acceptors (Lipinski definition) is 4. The third-order valence-corrected chi connectivity index (χ3v) is 2.05. The quantitative estimate of drug-likeness (QED) is 0.670. The predicted molar refractivity (Wildman–Crippen MR) is 65.5 cm³/mol. The SMILES string of the molecule is NC(=O)NC(=O)COc1cccc(F)c1C(N)=S. The minimum Gasteiger partial charge on any atom is -0.483 e. The van der Waals surface area contributed by atoms with Gasteiger partial charge in [0.2, 0.25) is 0 Å². The molecule has 0 unspecified atom stereocenters. The fraction of sp³-hybridized carbons (Fsp3) is 0.100. The van der Waals surface area contributed by atoms with Crippen LogP contribution in [0.15, 0.2) is 18.2 Å². The molecule has 0 radical (unpaired) electrons. The first-order valence-electron chi connectivity index (χ1n) is 4.72. The predicted octanol–water partition coefficient (Wildman–Crippen LogP) is 0.0336. The average Bonchev–Trinajstić information content (AvgIpc) is 2.24. The number of nitrogens with one attached hydrogen (secondary N) is 1. The molecular formula is C10H10FN3O3S. The number of thiocarbonyl (C=S) groups is 1. The molecule has 1 rings (SSSR count). The van der Waals surface area contributed by atoms with Gasteiger partial charge >= 0.3 is 6.03 Å². The monoisotopic (exact) mass is 271 g/mol. The second kappa shape index (κ2) is 5.92. The van der Waals surface area contributed by atoms with Crippen LogP contribution >= 0.6 is 12.2 Å². The molecule has 0 fully saturated rings. The Morgan fingerprint density at radius 1 is 1.39 bits per heavy atom. The Balaban J connectivity index is 2.79. The summed E-state index contributed by atoms with van der Waals surface area (Å²) >= 11 is 4.67. The van der Waals surface area contributed by atoms with Crippen molar-refractivity contribution >= 4 is 29.1 Å². The largest absolute Gasteiger partial charge is 0.483 e. The molecule has 0 saturated carbocycles. The zero-order valence-electron chi connectivity index (χ0n) is 9.10. The van der Waals surface area contributed by atoms with E-state index in [1.165, 1.54) is 12.1 Å². The minimum absolute atomic E-state index is 0.0159. The van der Waals surface area contributed by atoms with Gasteiger partial charge in [0.25, 0.3) is 5.91 Å². The average molecular weight is 271 g/mol. The standard InChI is InChI=1S/C10H10FN3O3S/c11-5-2-1-3-6(8(5)9(12)18)17-4-7(15)14-10(13)16/h1-3H,4H2,(H2,12,18)(H3,13,14,15,16). The molecule has 0 saturated heterocycles. The molecular weight excluding hydrogens is 261 g/mol. The molecule has 0 aromatic heterocycles. The maximum Gasteiger partial charge on any atom is 0.318 e. The van der Waals surface area contributed by atoms with E-state index in [1.807, 2.05) is 0 Å². The minimum atomic E-state index is -1.00. The highest BCUT2D eigenvalue weighted by Gasteiger charge is 2.13. The number of amides is 3. The van der Waals surface area contributed by atoms with Gasteiger partial charge < -0.3 is 16.2 Å². The molecule has 6 nitrogen and oxygen atoms in total. The molecule has 0 heterocycles. The smallest absolute Gasteiger partial charge is 0.318 e. The van der Waals surface area contributed by atoms with Crippen molar-refractivity contribution in [2.24, 2.45) is 11.5 Å². The first kappa shape index (κ1) is 13.8. The van der Waals surface area contributed by atoms with Gasteiger partial charge in [-0.15, -0.1) is 0 Å². The zero-order valence-corrected chi connectivity index (χ0v) is 9.92. The van der Waals surface area contributed by atoms with Crippen LogP contribution in [-0.2, 0) is 4.79 Å². The number of nitrogens with two attached hydrogens (primary N) is 2. The molecule has 96 valence electrons. The molecule has 5 N–H and O–H groups in total. The molecule has 1 aromatic carbocycles. The summed E-state index contributed by atoms with van der Waals surface area (Å²) in [4.78, 5) is 21.3. The highest BCUT2D eigenvalue weighted by Crippen LogP contribution is 2.21. The third kappa shape index (κ3) is 3.67. The summed E-state index contributed by atoms with van der Waals surface area (Å²) in [7, 11) is 0. The van der Waals surface area contributed by atoms with Gasteiger partial charge in [0, 0.05) is 0 Å². The lowest BCUT2D eigenvalue weighted by atomic mass is 10.2. The lowest BCUT2D eigenvalue weighted by Crippen LogP contribution is -2.38. The van der Waals surface area contributed by atoms with E-state index in [0.29, 0.717) is 0 Å². The third-order valence-electron chi connectivity index (χ3n) is 1.84. The molecule has 1 aromatic rings. The van der Waals surface area contributed by atoms with Crippen LogP contribution in [0, 0.1) is 5.82 Å². The number of rotatable bonds is 4. The topological polar surface area (TPSA) is 107 Å². The van der Waals surface area contributed by atoms with Gasteiger partial charge in [0.15, 0.2) is 6.61 Å². The second-order valence-electron chi connectivity index (χ2n) is 3.18. The molecule has 8 heteroatoms. The van der Waals surface area contributed by atoms with Crippen molar-refractivity contribution in [2.45, 2.75) is 0 Å². The van der Waals surface area contributed by atoms with Crippen molar-refractivity contribution in [2.75, 3.05) is 6.61 Å². The molecule has 0 aliphatic carbocycles. The molecule has 0 atom stereocenters. The summed E-state index contributed by atoms with van der Waals surface area (Å²) in [5.74, 6) is -1.40. The van der Waals surface area contributed by atoms with Crippen molar-refractivity contribution in [1.82, 2.24) is 5.32 Å². The lowest BCUT2D eigenvalue weighted by molar-refractivity contribution is -0.121. The zero-order chi connectivity index (χ0) is 13.7. The van der Waals surface area contributed by atoms with Crippen LogP contribution < -0.4 is 21.5 Å². The van der Waals surface area contributed by atoms with Crippen LogP contribution in [0.2, 0.25) is 0 Å². The van der Waals surface area contributed by atoms with Gasteiger partial charge in [-0.3, -0.25) is 10.1 Å². The van der Waals surface area contributed by atoms with E-state index in [2.05, 4.69) is 12.2 Å². The number of carbonyl (C=O) groups is 2. The number of benzene rings is 1. The van der Waals surface area contributed by atoms with E-state index in [4.69, 9.17) is 16.2 Å². The number of hydrogen-bond donors (Lipinski definition) is 3. The summed E-state index contributed by atoms with van der Waals surface area (Å²) in [5, 5.41) is 1.79. The van der Waals surface area contributed by atoms with E-state index < -0.39 is 24.4 Å². The Kier molecular flexibility index (Phi) is 4.55. The molecule has 0 aliphatic rings. The van der Waals surface area contributed by atoms with Crippen molar-refractivity contribution in [3.63, 3.8) is 0 Å². The van der Waals surface area contributed by atoms with Gasteiger partial charge in [-0.1, -0.05) is 18.3 Å². The molecule has 0 aliphatic heterocycles. The summed E-state index contributed by atoms with van der Waals surface area (Å²) < 4.78 is 18.4. The van der Waals surface area contributed by atoms with E-state index in [1.54, 1.807) is 5.32 Å². The number of primary amides is 1. The Morgan fingerprint density at radius 3 is 2.61 bits per heavy atom. The van der Waals surface area contributed by atoms with E-state index in [0.717, 1.165) is 6.07 Å². The molecule has 3 amide bonds.